The lowest BCUT2D eigenvalue weighted by molar-refractivity contribution is -0.132. The van der Waals surface area contributed by atoms with E-state index in [1.807, 2.05) is 37.3 Å². The minimum atomic E-state index is -1.18. The Morgan fingerprint density at radius 1 is 1.22 bits per heavy atom. The molecule has 0 atom stereocenters. The van der Waals surface area contributed by atoms with Gasteiger partial charge in [-0.3, -0.25) is 4.79 Å². The van der Waals surface area contributed by atoms with Crippen LogP contribution in [0.25, 0.3) is 0 Å². The van der Waals surface area contributed by atoms with E-state index >= 15 is 0 Å². The molecular weight excluding hydrogens is 348 g/mol. The number of carbonyl (C=O) groups excluding carboxylic acids is 1. The van der Waals surface area contributed by atoms with E-state index in [2.05, 4.69) is 10.3 Å². The van der Waals surface area contributed by atoms with Gasteiger partial charge in [0.1, 0.15) is 12.3 Å². The molecule has 3 rings (SSSR count). The third-order valence-corrected chi connectivity index (χ3v) is 4.13. The number of amides is 1. The van der Waals surface area contributed by atoms with Crippen molar-refractivity contribution in [1.29, 1.82) is 0 Å². The standard InChI is InChI=1S/C19H20N4O4/c1-14-4-6-15(7-5-14)8-9-22(11-16-3-2-10-27-16)18(24)13-23-12-17(19(25)26)20-21-23/h2-7,10,12H,8-9,11,13H2,1H3,(H,25,26). The van der Waals surface area contributed by atoms with Crippen LogP contribution in [0.15, 0.2) is 53.3 Å². The van der Waals surface area contributed by atoms with E-state index < -0.39 is 5.97 Å². The van der Waals surface area contributed by atoms with Gasteiger partial charge >= 0.3 is 5.97 Å². The molecule has 1 aromatic carbocycles. The van der Waals surface area contributed by atoms with Gasteiger partial charge in [-0.1, -0.05) is 35.0 Å². The van der Waals surface area contributed by atoms with E-state index in [1.54, 1.807) is 17.2 Å². The summed E-state index contributed by atoms with van der Waals surface area (Å²) in [6, 6.07) is 11.7. The second-order valence-electron chi connectivity index (χ2n) is 6.24. The van der Waals surface area contributed by atoms with Gasteiger partial charge in [-0.2, -0.15) is 0 Å². The van der Waals surface area contributed by atoms with E-state index in [0.29, 0.717) is 25.3 Å². The van der Waals surface area contributed by atoms with E-state index in [9.17, 15) is 9.59 Å². The Kier molecular flexibility index (Phi) is 5.65. The number of benzene rings is 1. The van der Waals surface area contributed by atoms with Crippen molar-refractivity contribution >= 4 is 11.9 Å². The molecule has 0 bridgehead atoms. The number of carboxylic acid groups (broad SMARTS) is 1. The second-order valence-corrected chi connectivity index (χ2v) is 6.24. The summed E-state index contributed by atoms with van der Waals surface area (Å²) in [7, 11) is 0. The first kappa shape index (κ1) is 18.4. The third kappa shape index (κ3) is 5.04. The fourth-order valence-electron chi connectivity index (χ4n) is 2.61. The number of hydrogen-bond donors (Lipinski definition) is 1. The van der Waals surface area contributed by atoms with E-state index in [-0.39, 0.29) is 18.1 Å². The highest BCUT2D eigenvalue weighted by atomic mass is 16.4. The molecule has 0 saturated heterocycles. The zero-order valence-corrected chi connectivity index (χ0v) is 14.9. The monoisotopic (exact) mass is 368 g/mol. The number of furan rings is 1. The number of carbonyl (C=O) groups is 2. The summed E-state index contributed by atoms with van der Waals surface area (Å²) < 4.78 is 6.59. The highest BCUT2D eigenvalue weighted by molar-refractivity contribution is 5.84. The Hall–Kier alpha value is -3.42. The first-order valence-corrected chi connectivity index (χ1v) is 8.50. The molecule has 1 N–H and O–H groups in total. The molecule has 0 radical (unpaired) electrons. The van der Waals surface area contributed by atoms with Gasteiger partial charge in [0, 0.05) is 6.54 Å². The van der Waals surface area contributed by atoms with Crippen molar-refractivity contribution in [2.45, 2.75) is 26.4 Å². The maximum absolute atomic E-state index is 12.7. The van der Waals surface area contributed by atoms with Crippen molar-refractivity contribution in [2.75, 3.05) is 6.54 Å². The lowest BCUT2D eigenvalue weighted by Crippen LogP contribution is -2.35. The summed E-state index contributed by atoms with van der Waals surface area (Å²) >= 11 is 0. The molecule has 2 aromatic heterocycles. The van der Waals surface area contributed by atoms with E-state index in [4.69, 9.17) is 9.52 Å². The molecule has 8 heteroatoms. The number of aromatic carboxylic acids is 1. The molecule has 0 spiro atoms. The normalized spacial score (nSPS) is 10.7. The molecular formula is C19H20N4O4. The Balaban J connectivity index is 1.68. The van der Waals surface area contributed by atoms with Gasteiger partial charge in [0.05, 0.1) is 19.0 Å². The van der Waals surface area contributed by atoms with Gasteiger partial charge in [-0.05, 0) is 31.0 Å². The van der Waals surface area contributed by atoms with Crippen molar-refractivity contribution in [3.8, 4) is 0 Å². The molecule has 1 amide bonds. The maximum Gasteiger partial charge on any atom is 0.358 e. The van der Waals surface area contributed by atoms with Crippen LogP contribution >= 0.6 is 0 Å². The van der Waals surface area contributed by atoms with Crippen LogP contribution in [0.3, 0.4) is 0 Å². The largest absolute Gasteiger partial charge is 0.476 e. The number of nitrogens with zero attached hydrogens (tertiary/aromatic N) is 4. The highest BCUT2D eigenvalue weighted by Crippen LogP contribution is 2.10. The molecule has 27 heavy (non-hydrogen) atoms. The van der Waals surface area contributed by atoms with Crippen LogP contribution in [-0.2, 0) is 24.3 Å². The Morgan fingerprint density at radius 2 is 2.00 bits per heavy atom. The SMILES string of the molecule is Cc1ccc(CCN(Cc2ccco2)C(=O)Cn2cc(C(=O)O)nn2)cc1. The average Bonchev–Trinajstić information content (AvgIpc) is 3.31. The fourth-order valence-corrected chi connectivity index (χ4v) is 2.61. The summed E-state index contributed by atoms with van der Waals surface area (Å²) in [4.78, 5) is 25.3. The number of carboxylic acids is 1. The average molecular weight is 368 g/mol. The maximum atomic E-state index is 12.7. The Labute approximate surface area is 156 Å². The Morgan fingerprint density at radius 3 is 2.63 bits per heavy atom. The van der Waals surface area contributed by atoms with E-state index in [1.165, 1.54) is 16.4 Å². The summed E-state index contributed by atoms with van der Waals surface area (Å²) in [6.07, 6.45) is 3.50. The summed E-state index contributed by atoms with van der Waals surface area (Å²) in [5.74, 6) is -0.696. The lowest BCUT2D eigenvalue weighted by Gasteiger charge is -2.21. The molecule has 140 valence electrons. The predicted molar refractivity (Wildman–Crippen MR) is 96.0 cm³/mol. The number of aryl methyl sites for hydroxylation is 1. The van der Waals surface area contributed by atoms with E-state index in [0.717, 1.165) is 5.56 Å². The van der Waals surface area contributed by atoms with Crippen LogP contribution in [0.1, 0.15) is 27.4 Å². The topological polar surface area (TPSA) is 101 Å². The molecule has 2 heterocycles. The molecule has 0 aliphatic rings. The minimum absolute atomic E-state index is 0.0884. The second kappa shape index (κ2) is 8.31. The first-order chi connectivity index (χ1) is 13.0. The zero-order valence-electron chi connectivity index (χ0n) is 14.9. The van der Waals surface area contributed by atoms with Crippen molar-refractivity contribution in [2.24, 2.45) is 0 Å². The van der Waals surface area contributed by atoms with Crippen LogP contribution < -0.4 is 0 Å². The van der Waals surface area contributed by atoms with Crippen LogP contribution in [0.5, 0.6) is 0 Å². The lowest BCUT2D eigenvalue weighted by atomic mass is 10.1. The van der Waals surface area contributed by atoms with Crippen LogP contribution in [0.2, 0.25) is 0 Å². The number of aromatic nitrogens is 3. The molecule has 0 fully saturated rings. The fraction of sp³-hybridized carbons (Fsp3) is 0.263. The van der Waals surface area contributed by atoms with Gasteiger partial charge in [-0.25, -0.2) is 9.48 Å². The molecule has 3 aromatic rings. The van der Waals surface area contributed by atoms with Crippen LogP contribution in [0.4, 0.5) is 0 Å². The third-order valence-electron chi connectivity index (χ3n) is 4.13. The highest BCUT2D eigenvalue weighted by Gasteiger charge is 2.18. The van der Waals surface area contributed by atoms with Gasteiger partial charge in [0.25, 0.3) is 0 Å². The van der Waals surface area contributed by atoms with Crippen molar-refractivity contribution in [3.05, 3.63) is 71.4 Å². The van der Waals surface area contributed by atoms with Gasteiger partial charge in [0.15, 0.2) is 5.69 Å². The predicted octanol–water partition coefficient (Wildman–Crippen LogP) is 2.15. The van der Waals surface area contributed by atoms with Crippen LogP contribution in [-0.4, -0.2) is 43.4 Å². The molecule has 8 nitrogen and oxygen atoms in total. The molecule has 0 aliphatic heterocycles. The molecule has 0 saturated carbocycles. The molecule has 0 aliphatic carbocycles. The Bertz CT molecular complexity index is 900. The number of rotatable bonds is 8. The summed E-state index contributed by atoms with van der Waals surface area (Å²) in [5.41, 5.74) is 2.12. The van der Waals surface area contributed by atoms with Crippen molar-refractivity contribution in [1.82, 2.24) is 19.9 Å². The van der Waals surface area contributed by atoms with Gasteiger partial charge < -0.3 is 14.4 Å². The quantitative estimate of drug-likeness (QED) is 0.654. The zero-order chi connectivity index (χ0) is 19.2. The summed E-state index contributed by atoms with van der Waals surface area (Å²) in [6.45, 7) is 2.77. The van der Waals surface area contributed by atoms with Crippen molar-refractivity contribution in [3.63, 3.8) is 0 Å². The number of hydrogen-bond acceptors (Lipinski definition) is 5. The van der Waals surface area contributed by atoms with Crippen molar-refractivity contribution < 1.29 is 19.1 Å². The molecule has 0 unspecified atom stereocenters. The smallest absolute Gasteiger partial charge is 0.358 e. The van der Waals surface area contributed by atoms with Gasteiger partial charge in [0.2, 0.25) is 5.91 Å². The van der Waals surface area contributed by atoms with Crippen LogP contribution in [0, 0.1) is 6.92 Å². The summed E-state index contributed by atoms with van der Waals surface area (Å²) in [5, 5.41) is 16.1. The first-order valence-electron chi connectivity index (χ1n) is 8.50. The minimum Gasteiger partial charge on any atom is -0.476 e. The van der Waals surface area contributed by atoms with Gasteiger partial charge in [-0.15, -0.1) is 5.10 Å².